The summed E-state index contributed by atoms with van der Waals surface area (Å²) in [6, 6.07) is 8.25. The van der Waals surface area contributed by atoms with E-state index in [0.29, 0.717) is 5.92 Å². The third kappa shape index (κ3) is 2.27. The van der Waals surface area contributed by atoms with E-state index in [1.54, 1.807) is 11.3 Å². The average Bonchev–Trinajstić information content (AvgIpc) is 3.26. The molecule has 1 aromatic carbocycles. The minimum Gasteiger partial charge on any atom is -0.347 e. The lowest BCUT2D eigenvalue weighted by atomic mass is 9.96. The molecule has 0 unspecified atom stereocenters. The van der Waals surface area contributed by atoms with Gasteiger partial charge in [0.2, 0.25) is 10.1 Å². The molecule has 1 saturated heterocycles. The van der Waals surface area contributed by atoms with E-state index in [-0.39, 0.29) is 0 Å². The molecule has 0 atom stereocenters. The van der Waals surface area contributed by atoms with E-state index in [9.17, 15) is 0 Å². The summed E-state index contributed by atoms with van der Waals surface area (Å²) in [5.41, 5.74) is 3.21. The van der Waals surface area contributed by atoms with Crippen molar-refractivity contribution in [3.05, 3.63) is 42.0 Å². The zero-order chi connectivity index (χ0) is 16.1. The van der Waals surface area contributed by atoms with Crippen molar-refractivity contribution in [3.63, 3.8) is 0 Å². The molecule has 122 valence electrons. The minimum absolute atomic E-state index is 0.500. The van der Waals surface area contributed by atoms with Crippen molar-refractivity contribution >= 4 is 32.5 Å². The molecule has 7 heteroatoms. The Labute approximate surface area is 143 Å². The lowest BCUT2D eigenvalue weighted by molar-refractivity contribution is 0.488. The van der Waals surface area contributed by atoms with Gasteiger partial charge in [0, 0.05) is 19.0 Å². The number of rotatable bonds is 2. The summed E-state index contributed by atoms with van der Waals surface area (Å²) in [4.78, 5) is 16.1. The van der Waals surface area contributed by atoms with Gasteiger partial charge in [-0.1, -0.05) is 23.5 Å². The van der Waals surface area contributed by atoms with Gasteiger partial charge >= 0.3 is 0 Å². The SMILES string of the molecule is Cc1cn2nc(N3CCC(c4nc5ccccc5[nH]4)CC3)sc2n1. The molecule has 0 spiro atoms. The Morgan fingerprint density at radius 3 is 2.79 bits per heavy atom. The number of nitrogens with zero attached hydrogens (tertiary/aromatic N) is 5. The van der Waals surface area contributed by atoms with Crippen LogP contribution in [0, 0.1) is 6.92 Å². The van der Waals surface area contributed by atoms with Crippen LogP contribution < -0.4 is 4.90 Å². The van der Waals surface area contributed by atoms with Gasteiger partial charge in [-0.05, 0) is 31.9 Å². The second-order valence-electron chi connectivity index (χ2n) is 6.39. The molecule has 0 amide bonds. The van der Waals surface area contributed by atoms with E-state index in [0.717, 1.165) is 58.6 Å². The van der Waals surface area contributed by atoms with Gasteiger partial charge in [0.15, 0.2) is 0 Å². The number of aromatic amines is 1. The van der Waals surface area contributed by atoms with E-state index < -0.39 is 0 Å². The van der Waals surface area contributed by atoms with Gasteiger partial charge in [-0.3, -0.25) is 0 Å². The summed E-state index contributed by atoms with van der Waals surface area (Å²) in [6.45, 7) is 4.02. The Bertz CT molecular complexity index is 940. The second-order valence-corrected chi connectivity index (χ2v) is 7.33. The molecule has 6 nitrogen and oxygen atoms in total. The molecule has 1 aliphatic rings. The smallest absolute Gasteiger partial charge is 0.214 e. The van der Waals surface area contributed by atoms with Crippen LogP contribution in [0.15, 0.2) is 30.5 Å². The average molecular weight is 338 g/mol. The van der Waals surface area contributed by atoms with Gasteiger partial charge in [0.1, 0.15) is 5.82 Å². The molecule has 0 radical (unpaired) electrons. The predicted molar refractivity (Wildman–Crippen MR) is 95.9 cm³/mol. The Kier molecular flexibility index (Phi) is 3.09. The normalized spacial score (nSPS) is 16.5. The van der Waals surface area contributed by atoms with Crippen LogP contribution in [0.4, 0.5) is 5.13 Å². The monoisotopic (exact) mass is 338 g/mol. The number of para-hydroxylation sites is 2. The van der Waals surface area contributed by atoms with Crippen molar-refractivity contribution in [3.8, 4) is 0 Å². The molecule has 1 N–H and O–H groups in total. The van der Waals surface area contributed by atoms with E-state index >= 15 is 0 Å². The van der Waals surface area contributed by atoms with Gasteiger partial charge in [-0.25, -0.2) is 14.5 Å². The fourth-order valence-corrected chi connectivity index (χ4v) is 4.42. The van der Waals surface area contributed by atoms with E-state index in [2.05, 4.69) is 32.1 Å². The number of anilines is 1. The van der Waals surface area contributed by atoms with Crippen LogP contribution in [0.2, 0.25) is 0 Å². The summed E-state index contributed by atoms with van der Waals surface area (Å²) < 4.78 is 1.89. The first-order valence-electron chi connectivity index (χ1n) is 8.29. The van der Waals surface area contributed by atoms with Gasteiger partial charge in [0.05, 0.1) is 22.9 Å². The maximum Gasteiger partial charge on any atom is 0.214 e. The lowest BCUT2D eigenvalue weighted by Crippen LogP contribution is -2.33. The summed E-state index contributed by atoms with van der Waals surface area (Å²) >= 11 is 1.67. The van der Waals surface area contributed by atoms with Crippen molar-refractivity contribution in [2.45, 2.75) is 25.7 Å². The quantitative estimate of drug-likeness (QED) is 0.609. The van der Waals surface area contributed by atoms with Gasteiger partial charge in [0.25, 0.3) is 0 Å². The van der Waals surface area contributed by atoms with Gasteiger partial charge in [-0.2, -0.15) is 0 Å². The topological polar surface area (TPSA) is 62.1 Å². The van der Waals surface area contributed by atoms with E-state index in [1.807, 2.05) is 29.8 Å². The Morgan fingerprint density at radius 2 is 2.00 bits per heavy atom. The van der Waals surface area contributed by atoms with Crippen molar-refractivity contribution in [2.75, 3.05) is 18.0 Å². The van der Waals surface area contributed by atoms with Crippen LogP contribution in [0.3, 0.4) is 0 Å². The van der Waals surface area contributed by atoms with Crippen LogP contribution in [0.5, 0.6) is 0 Å². The van der Waals surface area contributed by atoms with Crippen molar-refractivity contribution in [1.82, 2.24) is 24.6 Å². The van der Waals surface area contributed by atoms with E-state index in [1.165, 1.54) is 0 Å². The zero-order valence-electron chi connectivity index (χ0n) is 13.4. The molecule has 1 fully saturated rings. The molecule has 24 heavy (non-hydrogen) atoms. The first-order chi connectivity index (χ1) is 11.8. The number of hydrogen-bond acceptors (Lipinski definition) is 5. The third-order valence-corrected chi connectivity index (χ3v) is 5.70. The van der Waals surface area contributed by atoms with Crippen LogP contribution in [0.25, 0.3) is 16.0 Å². The number of piperidine rings is 1. The molecule has 0 bridgehead atoms. The largest absolute Gasteiger partial charge is 0.347 e. The lowest BCUT2D eigenvalue weighted by Gasteiger charge is -2.30. The fraction of sp³-hybridized carbons (Fsp3) is 0.353. The number of nitrogens with one attached hydrogen (secondary N) is 1. The van der Waals surface area contributed by atoms with Crippen LogP contribution >= 0.6 is 11.3 Å². The number of H-pyrrole nitrogens is 1. The number of imidazole rings is 2. The molecular weight excluding hydrogens is 320 g/mol. The van der Waals surface area contributed by atoms with Gasteiger partial charge in [-0.15, -0.1) is 5.10 Å². The standard InChI is InChI=1S/C17H18N6S/c1-11-10-23-16(18-11)24-17(21-23)22-8-6-12(7-9-22)15-19-13-4-2-3-5-14(13)20-15/h2-5,10,12H,6-9H2,1H3,(H,19,20). The molecule has 4 heterocycles. The number of aryl methyl sites for hydroxylation is 1. The second kappa shape index (κ2) is 5.31. The Hall–Kier alpha value is -2.41. The first-order valence-corrected chi connectivity index (χ1v) is 9.10. The van der Waals surface area contributed by atoms with Crippen molar-refractivity contribution in [2.24, 2.45) is 0 Å². The number of hydrogen-bond donors (Lipinski definition) is 1. The maximum absolute atomic E-state index is 4.77. The molecule has 1 aliphatic heterocycles. The Balaban J connectivity index is 1.33. The highest BCUT2D eigenvalue weighted by molar-refractivity contribution is 7.20. The van der Waals surface area contributed by atoms with Gasteiger partial charge < -0.3 is 9.88 Å². The minimum atomic E-state index is 0.500. The van der Waals surface area contributed by atoms with Crippen molar-refractivity contribution in [1.29, 1.82) is 0 Å². The van der Waals surface area contributed by atoms with E-state index in [4.69, 9.17) is 4.98 Å². The highest BCUT2D eigenvalue weighted by atomic mass is 32.1. The highest BCUT2D eigenvalue weighted by Crippen LogP contribution is 2.32. The Morgan fingerprint density at radius 1 is 1.17 bits per heavy atom. The predicted octanol–water partition coefficient (Wildman–Crippen LogP) is 3.36. The summed E-state index contributed by atoms with van der Waals surface area (Å²) in [5, 5.41) is 5.73. The zero-order valence-corrected chi connectivity index (χ0v) is 14.3. The third-order valence-electron chi connectivity index (χ3n) is 4.71. The molecule has 3 aromatic heterocycles. The molecule has 5 rings (SSSR count). The highest BCUT2D eigenvalue weighted by Gasteiger charge is 2.25. The summed E-state index contributed by atoms with van der Waals surface area (Å²) in [6.07, 6.45) is 4.18. The van der Waals surface area contributed by atoms with Crippen LogP contribution in [0.1, 0.15) is 30.3 Å². The molecule has 4 aromatic rings. The molecular formula is C17H18N6S. The molecule has 0 aliphatic carbocycles. The number of fused-ring (bicyclic) bond motifs is 2. The number of benzene rings is 1. The summed E-state index contributed by atoms with van der Waals surface area (Å²) in [7, 11) is 0. The summed E-state index contributed by atoms with van der Waals surface area (Å²) in [5.74, 6) is 1.63. The fourth-order valence-electron chi connectivity index (χ4n) is 3.44. The maximum atomic E-state index is 4.77. The number of aromatic nitrogens is 5. The molecule has 0 saturated carbocycles. The van der Waals surface area contributed by atoms with Crippen LogP contribution in [-0.4, -0.2) is 37.7 Å². The van der Waals surface area contributed by atoms with Crippen LogP contribution in [-0.2, 0) is 0 Å². The van der Waals surface area contributed by atoms with Crippen molar-refractivity contribution < 1.29 is 0 Å². The first kappa shape index (κ1) is 14.0.